The molecule has 0 aliphatic carbocycles. The minimum absolute atomic E-state index is 0.119. The van der Waals surface area contributed by atoms with Gasteiger partial charge in [-0.25, -0.2) is 4.79 Å². The largest absolute Gasteiger partial charge is 0.465 e. The average Bonchev–Trinajstić information content (AvgIpc) is 2.35. The Morgan fingerprint density at radius 3 is 2.65 bits per heavy atom. The van der Waals surface area contributed by atoms with Gasteiger partial charge in [-0.1, -0.05) is 0 Å². The van der Waals surface area contributed by atoms with Gasteiger partial charge in [-0.05, 0) is 6.07 Å². The fraction of sp³-hybridized carbons (Fsp3) is 0.100. The van der Waals surface area contributed by atoms with E-state index in [1.807, 2.05) is 0 Å². The maximum Gasteiger partial charge on any atom is 0.345 e. The molecule has 7 heteroatoms. The van der Waals surface area contributed by atoms with Crippen molar-refractivity contribution < 1.29 is 19.2 Å². The molecule has 0 saturated carbocycles. The number of hydrogen-bond donors (Lipinski definition) is 0. The van der Waals surface area contributed by atoms with Crippen LogP contribution in [0.25, 0.3) is 0 Å². The lowest BCUT2D eigenvalue weighted by Crippen LogP contribution is -2.10. The number of carbonyl (C=O) groups excluding carboxylic acids is 2. The minimum Gasteiger partial charge on any atom is -0.465 e. The Morgan fingerprint density at radius 1 is 1.59 bits per heavy atom. The van der Waals surface area contributed by atoms with Crippen molar-refractivity contribution in [1.82, 2.24) is 0 Å². The first kappa shape index (κ1) is 12.3. The molecule has 0 aromatic heterocycles. The molecular formula is C10H6N2O5. The maximum absolute atomic E-state index is 11.4. The molecule has 0 heterocycles. The van der Waals surface area contributed by atoms with Crippen molar-refractivity contribution in [1.29, 1.82) is 5.26 Å². The first-order chi connectivity index (χ1) is 8.06. The van der Waals surface area contributed by atoms with Crippen LogP contribution in [0, 0.1) is 21.4 Å². The summed E-state index contributed by atoms with van der Waals surface area (Å²) >= 11 is 0. The summed E-state index contributed by atoms with van der Waals surface area (Å²) in [6, 6.07) is 3.76. The Kier molecular flexibility index (Phi) is 3.51. The van der Waals surface area contributed by atoms with Crippen LogP contribution in [0.4, 0.5) is 5.69 Å². The van der Waals surface area contributed by atoms with Gasteiger partial charge in [-0.15, -0.1) is 0 Å². The molecule has 0 aliphatic rings. The molecular weight excluding hydrogens is 228 g/mol. The van der Waals surface area contributed by atoms with Gasteiger partial charge in [0.25, 0.3) is 5.69 Å². The number of nitro groups is 1. The van der Waals surface area contributed by atoms with Crippen LogP contribution in [-0.2, 0) is 4.74 Å². The monoisotopic (exact) mass is 234 g/mol. The fourth-order valence-electron chi connectivity index (χ4n) is 1.30. The molecule has 0 saturated heterocycles. The summed E-state index contributed by atoms with van der Waals surface area (Å²) in [5.74, 6) is -1.03. The molecule has 0 N–H and O–H groups in total. The SMILES string of the molecule is COC(=O)c1c([N+](=O)[O-])ccc(C#N)c1C=O. The zero-order chi connectivity index (χ0) is 13.0. The third-order valence-corrected chi connectivity index (χ3v) is 2.05. The van der Waals surface area contributed by atoms with E-state index < -0.39 is 22.1 Å². The number of esters is 1. The third-order valence-electron chi connectivity index (χ3n) is 2.05. The first-order valence-electron chi connectivity index (χ1n) is 4.31. The molecule has 1 aromatic rings. The first-order valence-corrected chi connectivity index (χ1v) is 4.31. The number of benzene rings is 1. The highest BCUT2D eigenvalue weighted by molar-refractivity contribution is 6.03. The molecule has 1 rings (SSSR count). The van der Waals surface area contributed by atoms with Crippen LogP contribution in [-0.4, -0.2) is 24.3 Å². The van der Waals surface area contributed by atoms with Gasteiger partial charge in [0, 0.05) is 6.07 Å². The van der Waals surface area contributed by atoms with E-state index in [0.717, 1.165) is 19.2 Å². The zero-order valence-corrected chi connectivity index (χ0v) is 8.67. The molecule has 0 unspecified atom stereocenters. The molecule has 0 amide bonds. The Balaban J connectivity index is 3.69. The maximum atomic E-state index is 11.4. The lowest BCUT2D eigenvalue weighted by molar-refractivity contribution is -0.385. The van der Waals surface area contributed by atoms with Crippen molar-refractivity contribution in [3.05, 3.63) is 38.9 Å². The molecule has 17 heavy (non-hydrogen) atoms. The number of ether oxygens (including phenoxy) is 1. The molecule has 0 fully saturated rings. The van der Waals surface area contributed by atoms with Crippen LogP contribution < -0.4 is 0 Å². The van der Waals surface area contributed by atoms with Crippen LogP contribution in [0.2, 0.25) is 0 Å². The molecule has 0 spiro atoms. The molecule has 0 bridgehead atoms. The Morgan fingerprint density at radius 2 is 2.24 bits per heavy atom. The summed E-state index contributed by atoms with van der Waals surface area (Å²) in [7, 11) is 1.03. The highest BCUT2D eigenvalue weighted by Crippen LogP contribution is 2.24. The predicted octanol–water partition coefficient (Wildman–Crippen LogP) is 1.07. The van der Waals surface area contributed by atoms with Crippen molar-refractivity contribution in [2.75, 3.05) is 7.11 Å². The van der Waals surface area contributed by atoms with E-state index in [1.165, 1.54) is 0 Å². The summed E-state index contributed by atoms with van der Waals surface area (Å²) in [6.45, 7) is 0. The summed E-state index contributed by atoms with van der Waals surface area (Å²) in [6.07, 6.45) is 0.220. The van der Waals surface area contributed by atoms with Crippen molar-refractivity contribution in [3.63, 3.8) is 0 Å². The Labute approximate surface area is 95.4 Å². The highest BCUT2D eigenvalue weighted by atomic mass is 16.6. The van der Waals surface area contributed by atoms with E-state index in [9.17, 15) is 19.7 Å². The Bertz CT molecular complexity index is 544. The molecule has 0 aliphatic heterocycles. The predicted molar refractivity (Wildman–Crippen MR) is 54.5 cm³/mol. The van der Waals surface area contributed by atoms with E-state index in [4.69, 9.17) is 5.26 Å². The van der Waals surface area contributed by atoms with Crippen molar-refractivity contribution >= 4 is 17.9 Å². The fourth-order valence-corrected chi connectivity index (χ4v) is 1.30. The second kappa shape index (κ2) is 4.85. The number of nitriles is 1. The van der Waals surface area contributed by atoms with E-state index in [0.29, 0.717) is 0 Å². The van der Waals surface area contributed by atoms with Crippen molar-refractivity contribution in [2.24, 2.45) is 0 Å². The standard InChI is InChI=1S/C10H6N2O5/c1-17-10(14)9-7(5-13)6(4-11)2-3-8(9)12(15)16/h2-3,5H,1H3. The Hall–Kier alpha value is -2.75. The second-order valence-electron chi connectivity index (χ2n) is 2.90. The number of nitro benzene ring substituents is 1. The number of rotatable bonds is 3. The smallest absolute Gasteiger partial charge is 0.345 e. The number of hydrogen-bond acceptors (Lipinski definition) is 6. The quantitative estimate of drug-likeness (QED) is 0.334. The molecule has 7 nitrogen and oxygen atoms in total. The zero-order valence-electron chi connectivity index (χ0n) is 8.67. The van der Waals surface area contributed by atoms with Crippen LogP contribution in [0.1, 0.15) is 26.3 Å². The lowest BCUT2D eigenvalue weighted by atomic mass is 10.0. The molecule has 86 valence electrons. The molecule has 1 aromatic carbocycles. The van der Waals surface area contributed by atoms with Gasteiger partial charge in [0.05, 0.1) is 29.2 Å². The minimum atomic E-state index is -1.03. The van der Waals surface area contributed by atoms with E-state index >= 15 is 0 Å². The molecule has 0 atom stereocenters. The van der Waals surface area contributed by atoms with Gasteiger partial charge in [-0.3, -0.25) is 14.9 Å². The van der Waals surface area contributed by atoms with Crippen LogP contribution in [0.5, 0.6) is 0 Å². The van der Waals surface area contributed by atoms with Gasteiger partial charge in [0.2, 0.25) is 0 Å². The number of carbonyl (C=O) groups is 2. The van der Waals surface area contributed by atoms with Crippen LogP contribution in [0.3, 0.4) is 0 Å². The van der Waals surface area contributed by atoms with Gasteiger partial charge in [0.15, 0.2) is 6.29 Å². The van der Waals surface area contributed by atoms with E-state index in [1.54, 1.807) is 6.07 Å². The number of aldehydes is 1. The lowest BCUT2D eigenvalue weighted by Gasteiger charge is -2.04. The summed E-state index contributed by atoms with van der Waals surface area (Å²) in [4.78, 5) is 32.1. The van der Waals surface area contributed by atoms with Crippen molar-refractivity contribution in [3.8, 4) is 6.07 Å². The second-order valence-corrected chi connectivity index (χ2v) is 2.90. The van der Waals surface area contributed by atoms with Gasteiger partial charge in [-0.2, -0.15) is 5.26 Å². The van der Waals surface area contributed by atoms with Gasteiger partial charge in [0.1, 0.15) is 5.56 Å². The summed E-state index contributed by atoms with van der Waals surface area (Å²) < 4.78 is 4.36. The van der Waals surface area contributed by atoms with Crippen LogP contribution >= 0.6 is 0 Å². The number of methoxy groups -OCH3 is 1. The molecule has 0 radical (unpaired) electrons. The van der Waals surface area contributed by atoms with Gasteiger partial charge >= 0.3 is 5.97 Å². The summed E-state index contributed by atoms with van der Waals surface area (Å²) in [5.41, 5.74) is -1.54. The van der Waals surface area contributed by atoms with E-state index in [-0.39, 0.29) is 17.4 Å². The highest BCUT2D eigenvalue weighted by Gasteiger charge is 2.27. The topological polar surface area (TPSA) is 110 Å². The normalized spacial score (nSPS) is 9.18. The van der Waals surface area contributed by atoms with Gasteiger partial charge < -0.3 is 4.74 Å². The van der Waals surface area contributed by atoms with E-state index in [2.05, 4.69) is 4.74 Å². The number of nitrogens with zero attached hydrogens (tertiary/aromatic N) is 2. The average molecular weight is 234 g/mol. The van der Waals surface area contributed by atoms with Crippen LogP contribution in [0.15, 0.2) is 12.1 Å². The summed E-state index contributed by atoms with van der Waals surface area (Å²) in [5, 5.41) is 19.4. The van der Waals surface area contributed by atoms with Crippen molar-refractivity contribution in [2.45, 2.75) is 0 Å². The third kappa shape index (κ3) is 2.10.